The van der Waals surface area contributed by atoms with Gasteiger partial charge in [-0.3, -0.25) is 5.10 Å². The summed E-state index contributed by atoms with van der Waals surface area (Å²) in [5.74, 6) is 0.116. The summed E-state index contributed by atoms with van der Waals surface area (Å²) in [5, 5.41) is 11.4. The number of aromatic amines is 1. The maximum absolute atomic E-state index is 11.8. The molecule has 0 aliphatic heterocycles. The quantitative estimate of drug-likeness (QED) is 0.751. The minimum absolute atomic E-state index is 0.0673. The van der Waals surface area contributed by atoms with E-state index >= 15 is 0 Å². The first-order valence-electron chi connectivity index (χ1n) is 7.52. The summed E-state index contributed by atoms with van der Waals surface area (Å²) in [5.41, 5.74) is 3.03. The van der Waals surface area contributed by atoms with E-state index in [-0.39, 0.29) is 11.8 Å². The summed E-state index contributed by atoms with van der Waals surface area (Å²) in [6.45, 7) is 3.70. The molecule has 0 aliphatic carbocycles. The van der Waals surface area contributed by atoms with Crippen LogP contribution in [0.3, 0.4) is 0 Å². The molecule has 3 aromatic rings. The molecule has 0 aliphatic rings. The van der Waals surface area contributed by atoms with Crippen LogP contribution in [0, 0.1) is 0 Å². The van der Waals surface area contributed by atoms with E-state index in [2.05, 4.69) is 15.5 Å². The van der Waals surface area contributed by atoms with Crippen molar-refractivity contribution in [2.24, 2.45) is 0 Å². The van der Waals surface area contributed by atoms with Gasteiger partial charge in [-0.2, -0.15) is 5.10 Å². The van der Waals surface area contributed by atoms with Crippen molar-refractivity contribution < 1.29 is 8.42 Å². The number of hydrogen-bond donors (Lipinski definition) is 2. The van der Waals surface area contributed by atoms with Gasteiger partial charge in [-0.1, -0.05) is 19.1 Å². The van der Waals surface area contributed by atoms with E-state index in [1.807, 2.05) is 37.3 Å². The zero-order valence-electron chi connectivity index (χ0n) is 13.1. The minimum atomic E-state index is -3.15. The molecule has 0 saturated carbocycles. The number of benzene rings is 2. The number of rotatable bonds is 5. The van der Waals surface area contributed by atoms with Crippen molar-refractivity contribution in [2.75, 3.05) is 11.1 Å². The van der Waals surface area contributed by atoms with Crippen LogP contribution in [0.25, 0.3) is 10.9 Å². The monoisotopic (exact) mass is 329 g/mol. The molecule has 1 heterocycles. The first-order chi connectivity index (χ1) is 11.0. The molecule has 23 heavy (non-hydrogen) atoms. The highest BCUT2D eigenvalue weighted by Gasteiger charge is 2.12. The number of sulfone groups is 1. The van der Waals surface area contributed by atoms with Gasteiger partial charge >= 0.3 is 0 Å². The van der Waals surface area contributed by atoms with Crippen molar-refractivity contribution in [3.8, 4) is 0 Å². The van der Waals surface area contributed by atoms with Gasteiger partial charge in [-0.25, -0.2) is 8.42 Å². The zero-order valence-corrected chi connectivity index (χ0v) is 13.9. The Balaban J connectivity index is 1.78. The second kappa shape index (κ2) is 6.04. The van der Waals surface area contributed by atoms with Crippen LogP contribution in [-0.2, 0) is 9.84 Å². The van der Waals surface area contributed by atoms with Crippen molar-refractivity contribution in [1.29, 1.82) is 0 Å². The van der Waals surface area contributed by atoms with Crippen LogP contribution in [0.15, 0.2) is 53.6 Å². The molecule has 1 unspecified atom stereocenters. The molecule has 0 fully saturated rings. The lowest BCUT2D eigenvalue weighted by molar-refractivity contribution is 0.597. The van der Waals surface area contributed by atoms with Crippen molar-refractivity contribution in [2.45, 2.75) is 24.8 Å². The third-order valence-electron chi connectivity index (χ3n) is 3.94. The van der Waals surface area contributed by atoms with Crippen LogP contribution >= 0.6 is 0 Å². The van der Waals surface area contributed by atoms with Gasteiger partial charge in [0.1, 0.15) is 0 Å². The summed E-state index contributed by atoms with van der Waals surface area (Å²) in [6.07, 6.45) is 1.79. The Labute approximate surface area is 135 Å². The summed E-state index contributed by atoms with van der Waals surface area (Å²) in [6, 6.07) is 13.1. The Kier molecular flexibility index (Phi) is 4.09. The third kappa shape index (κ3) is 3.22. The number of nitrogens with zero attached hydrogens (tertiary/aromatic N) is 1. The second-order valence-electron chi connectivity index (χ2n) is 5.51. The molecule has 0 bridgehead atoms. The fraction of sp³-hybridized carbons (Fsp3) is 0.235. The molecule has 0 radical (unpaired) electrons. The third-order valence-corrected chi connectivity index (χ3v) is 5.69. The number of hydrogen-bond acceptors (Lipinski definition) is 4. The summed E-state index contributed by atoms with van der Waals surface area (Å²) >= 11 is 0. The molecule has 1 aromatic heterocycles. The van der Waals surface area contributed by atoms with Crippen LogP contribution in [0.4, 0.5) is 5.69 Å². The van der Waals surface area contributed by atoms with E-state index in [9.17, 15) is 8.42 Å². The lowest BCUT2D eigenvalue weighted by Gasteiger charge is -2.16. The summed E-state index contributed by atoms with van der Waals surface area (Å²) in [7, 11) is -3.15. The summed E-state index contributed by atoms with van der Waals surface area (Å²) in [4.78, 5) is 0.371. The Morgan fingerprint density at radius 3 is 2.61 bits per heavy atom. The van der Waals surface area contributed by atoms with Gasteiger partial charge in [-0.15, -0.1) is 0 Å². The molecular weight excluding hydrogens is 310 g/mol. The van der Waals surface area contributed by atoms with E-state index < -0.39 is 9.84 Å². The topological polar surface area (TPSA) is 74.8 Å². The van der Waals surface area contributed by atoms with Crippen LogP contribution < -0.4 is 5.32 Å². The van der Waals surface area contributed by atoms with Gasteiger partial charge < -0.3 is 5.32 Å². The highest BCUT2D eigenvalue weighted by molar-refractivity contribution is 7.91. The molecular formula is C17H19N3O2S. The van der Waals surface area contributed by atoms with E-state index in [4.69, 9.17) is 0 Å². The van der Waals surface area contributed by atoms with E-state index in [0.29, 0.717) is 4.90 Å². The first-order valence-corrected chi connectivity index (χ1v) is 9.17. The maximum Gasteiger partial charge on any atom is 0.178 e. The maximum atomic E-state index is 11.8. The fourth-order valence-corrected chi connectivity index (χ4v) is 3.38. The van der Waals surface area contributed by atoms with Crippen LogP contribution in [-0.4, -0.2) is 24.4 Å². The molecule has 2 aromatic carbocycles. The predicted molar refractivity (Wildman–Crippen MR) is 92.3 cm³/mol. The number of H-pyrrole nitrogens is 1. The van der Waals surface area contributed by atoms with Crippen LogP contribution in [0.2, 0.25) is 0 Å². The Morgan fingerprint density at radius 1 is 1.17 bits per heavy atom. The van der Waals surface area contributed by atoms with E-state index in [0.717, 1.165) is 22.2 Å². The highest BCUT2D eigenvalue weighted by Crippen LogP contribution is 2.23. The predicted octanol–water partition coefficient (Wildman–Crippen LogP) is 3.53. The molecule has 0 spiro atoms. The molecule has 2 N–H and O–H groups in total. The van der Waals surface area contributed by atoms with Crippen molar-refractivity contribution in [3.05, 3.63) is 54.2 Å². The fourth-order valence-electron chi connectivity index (χ4n) is 2.50. The standard InChI is InChI=1S/C17H19N3O2S/c1-3-23(21,22)16-7-4-13(5-8-16)12(2)19-15-6-9-17-14(10-15)11-18-20-17/h4-12,19H,3H2,1-2H3,(H,18,20). The lowest BCUT2D eigenvalue weighted by atomic mass is 10.1. The van der Waals surface area contributed by atoms with Crippen LogP contribution in [0.5, 0.6) is 0 Å². The molecule has 6 heteroatoms. The van der Waals surface area contributed by atoms with Gasteiger partial charge in [0, 0.05) is 17.1 Å². The zero-order chi connectivity index (χ0) is 16.4. The smallest absolute Gasteiger partial charge is 0.178 e. The number of nitrogens with one attached hydrogen (secondary N) is 2. The number of anilines is 1. The average molecular weight is 329 g/mol. The van der Waals surface area contributed by atoms with Crippen molar-refractivity contribution >= 4 is 26.4 Å². The van der Waals surface area contributed by atoms with E-state index in [1.165, 1.54) is 0 Å². The average Bonchev–Trinajstić information content (AvgIpc) is 3.02. The Morgan fingerprint density at radius 2 is 1.91 bits per heavy atom. The summed E-state index contributed by atoms with van der Waals surface area (Å²) < 4.78 is 23.7. The molecule has 120 valence electrons. The molecule has 1 atom stereocenters. The number of aromatic nitrogens is 2. The first kappa shape index (κ1) is 15.6. The van der Waals surface area contributed by atoms with Gasteiger partial charge in [0.25, 0.3) is 0 Å². The SMILES string of the molecule is CCS(=O)(=O)c1ccc(C(C)Nc2ccc3[nH]ncc3c2)cc1. The van der Waals surface area contributed by atoms with Gasteiger partial charge in [-0.05, 0) is 42.8 Å². The Bertz CT molecular complexity index is 914. The minimum Gasteiger partial charge on any atom is -0.379 e. The Hall–Kier alpha value is -2.34. The van der Waals surface area contributed by atoms with Crippen molar-refractivity contribution in [1.82, 2.24) is 10.2 Å². The molecule has 5 nitrogen and oxygen atoms in total. The molecule has 3 rings (SSSR count). The highest BCUT2D eigenvalue weighted by atomic mass is 32.2. The largest absolute Gasteiger partial charge is 0.379 e. The van der Waals surface area contributed by atoms with Crippen molar-refractivity contribution in [3.63, 3.8) is 0 Å². The normalized spacial score (nSPS) is 13.1. The molecule has 0 saturated heterocycles. The second-order valence-corrected chi connectivity index (χ2v) is 7.79. The van der Waals surface area contributed by atoms with E-state index in [1.54, 1.807) is 25.3 Å². The molecule has 0 amide bonds. The van der Waals surface area contributed by atoms with Crippen LogP contribution in [0.1, 0.15) is 25.5 Å². The lowest BCUT2D eigenvalue weighted by Crippen LogP contribution is -2.08. The van der Waals surface area contributed by atoms with Gasteiger partial charge in [0.15, 0.2) is 9.84 Å². The van der Waals surface area contributed by atoms with Gasteiger partial charge in [0.2, 0.25) is 0 Å². The number of fused-ring (bicyclic) bond motifs is 1. The van der Waals surface area contributed by atoms with Gasteiger partial charge in [0.05, 0.1) is 22.4 Å².